The Hall–Kier alpha value is -3.18. The van der Waals surface area contributed by atoms with Gasteiger partial charge < -0.3 is 9.64 Å². The predicted octanol–water partition coefficient (Wildman–Crippen LogP) is 4.52. The molecule has 5 rings (SSSR count). The summed E-state index contributed by atoms with van der Waals surface area (Å²) in [5.74, 6) is 0.967. The van der Waals surface area contributed by atoms with Gasteiger partial charge >= 0.3 is 0 Å². The van der Waals surface area contributed by atoms with E-state index in [0.29, 0.717) is 0 Å². The van der Waals surface area contributed by atoms with Crippen LogP contribution in [-0.2, 0) is 4.74 Å². The Kier molecular flexibility index (Phi) is 4.52. The second kappa shape index (κ2) is 7.33. The lowest BCUT2D eigenvalue weighted by Crippen LogP contribution is -2.36. The zero-order valence-corrected chi connectivity index (χ0v) is 16.8. The van der Waals surface area contributed by atoms with Crippen LogP contribution in [0.4, 0.5) is 5.82 Å². The highest BCUT2D eigenvalue weighted by Crippen LogP contribution is 2.26. The molecule has 4 aromatic rings. The topological polar surface area (TPSA) is 42.7 Å². The largest absolute Gasteiger partial charge is 0.378 e. The van der Waals surface area contributed by atoms with Crippen molar-refractivity contribution in [2.75, 3.05) is 31.2 Å². The van der Waals surface area contributed by atoms with Gasteiger partial charge in [0.05, 0.1) is 25.1 Å². The van der Waals surface area contributed by atoms with Crippen LogP contribution in [0.1, 0.15) is 11.1 Å². The van der Waals surface area contributed by atoms with Crippen molar-refractivity contribution in [1.82, 2.24) is 14.6 Å². The second-order valence-corrected chi connectivity index (χ2v) is 7.60. The van der Waals surface area contributed by atoms with Gasteiger partial charge in [0.25, 0.3) is 0 Å². The number of ether oxygens (including phenoxy) is 1. The highest BCUT2D eigenvalue weighted by Gasteiger charge is 2.14. The number of fused-ring (bicyclic) bond motifs is 1. The molecule has 1 aliphatic heterocycles. The van der Waals surface area contributed by atoms with E-state index in [0.717, 1.165) is 49.0 Å². The van der Waals surface area contributed by atoms with Crippen molar-refractivity contribution >= 4 is 11.5 Å². The normalized spacial score (nSPS) is 14.5. The molecule has 0 amide bonds. The summed E-state index contributed by atoms with van der Waals surface area (Å²) in [4.78, 5) is 7.01. The first-order chi connectivity index (χ1) is 14.2. The molecule has 1 aliphatic rings. The van der Waals surface area contributed by atoms with Gasteiger partial charge in [0.2, 0.25) is 0 Å². The van der Waals surface area contributed by atoms with Gasteiger partial charge in [-0.25, -0.2) is 9.50 Å². The zero-order valence-electron chi connectivity index (χ0n) is 16.8. The van der Waals surface area contributed by atoms with Crippen LogP contribution in [0.2, 0.25) is 0 Å². The minimum Gasteiger partial charge on any atom is -0.378 e. The van der Waals surface area contributed by atoms with E-state index in [1.807, 2.05) is 22.8 Å². The summed E-state index contributed by atoms with van der Waals surface area (Å²) in [5, 5.41) is 4.75. The third-order valence-corrected chi connectivity index (χ3v) is 5.66. The number of nitrogens with zero attached hydrogens (tertiary/aromatic N) is 4. The number of imidazole rings is 1. The summed E-state index contributed by atoms with van der Waals surface area (Å²) in [5.41, 5.74) is 7.97. The van der Waals surface area contributed by atoms with E-state index < -0.39 is 0 Å². The summed E-state index contributed by atoms with van der Waals surface area (Å²) < 4.78 is 7.31. The van der Waals surface area contributed by atoms with Crippen molar-refractivity contribution in [1.29, 1.82) is 0 Å². The van der Waals surface area contributed by atoms with E-state index >= 15 is 0 Å². The van der Waals surface area contributed by atoms with Crippen molar-refractivity contribution in [3.8, 4) is 22.4 Å². The Bertz CT molecular complexity index is 1160. The number of hydrogen-bond acceptors (Lipinski definition) is 4. The molecule has 0 bridgehead atoms. The molecule has 0 N–H and O–H groups in total. The van der Waals surface area contributed by atoms with Crippen molar-refractivity contribution in [2.45, 2.75) is 13.8 Å². The molecule has 1 saturated heterocycles. The summed E-state index contributed by atoms with van der Waals surface area (Å²) in [6.07, 6.45) is 2.00. The fourth-order valence-corrected chi connectivity index (χ4v) is 3.73. The molecule has 0 radical (unpaired) electrons. The van der Waals surface area contributed by atoms with E-state index in [9.17, 15) is 0 Å². The van der Waals surface area contributed by atoms with Crippen molar-refractivity contribution in [3.63, 3.8) is 0 Å². The molecule has 2 aromatic heterocycles. The van der Waals surface area contributed by atoms with Gasteiger partial charge in [-0.15, -0.1) is 5.10 Å². The van der Waals surface area contributed by atoms with E-state index in [1.54, 1.807) is 0 Å². The van der Waals surface area contributed by atoms with Gasteiger partial charge in [-0.2, -0.15) is 0 Å². The summed E-state index contributed by atoms with van der Waals surface area (Å²) in [6.45, 7) is 7.55. The maximum absolute atomic E-state index is 5.44. The average Bonchev–Trinajstić information content (AvgIpc) is 3.20. The number of benzene rings is 2. The molecular formula is C24H24N4O. The average molecular weight is 384 g/mol. The molecule has 0 saturated carbocycles. The number of aryl methyl sites for hydroxylation is 2. The van der Waals surface area contributed by atoms with Gasteiger partial charge in [0.1, 0.15) is 5.82 Å². The van der Waals surface area contributed by atoms with Gasteiger partial charge in [-0.05, 0) is 48.2 Å². The van der Waals surface area contributed by atoms with Gasteiger partial charge in [0.15, 0.2) is 5.65 Å². The number of hydrogen-bond donors (Lipinski definition) is 0. The lowest BCUT2D eigenvalue weighted by atomic mass is 9.99. The number of rotatable bonds is 3. The van der Waals surface area contributed by atoms with Crippen LogP contribution < -0.4 is 4.90 Å². The number of morpholine rings is 1. The van der Waals surface area contributed by atoms with Crippen LogP contribution in [0.25, 0.3) is 28.0 Å². The Morgan fingerprint density at radius 3 is 2.28 bits per heavy atom. The molecule has 1 fully saturated rings. The first-order valence-corrected chi connectivity index (χ1v) is 10.0. The quantitative estimate of drug-likeness (QED) is 0.521. The van der Waals surface area contributed by atoms with E-state index in [1.165, 1.54) is 22.3 Å². The Morgan fingerprint density at radius 2 is 1.52 bits per heavy atom. The third kappa shape index (κ3) is 3.49. The maximum Gasteiger partial charge on any atom is 0.154 e. The first kappa shape index (κ1) is 17.9. The number of aromatic nitrogens is 3. The molecule has 0 atom stereocenters. The van der Waals surface area contributed by atoms with E-state index in [4.69, 9.17) is 14.8 Å². The first-order valence-electron chi connectivity index (χ1n) is 10.0. The summed E-state index contributed by atoms with van der Waals surface area (Å²) >= 11 is 0. The Morgan fingerprint density at radius 1 is 0.793 bits per heavy atom. The van der Waals surface area contributed by atoms with Crippen molar-refractivity contribution < 1.29 is 4.74 Å². The fraction of sp³-hybridized carbons (Fsp3) is 0.250. The van der Waals surface area contributed by atoms with Crippen LogP contribution in [0.15, 0.2) is 60.8 Å². The molecule has 5 heteroatoms. The van der Waals surface area contributed by atoms with E-state index in [-0.39, 0.29) is 0 Å². The molecular weight excluding hydrogens is 360 g/mol. The monoisotopic (exact) mass is 384 g/mol. The zero-order chi connectivity index (χ0) is 19.8. The van der Waals surface area contributed by atoms with Crippen LogP contribution >= 0.6 is 0 Å². The van der Waals surface area contributed by atoms with Crippen LogP contribution in [0.3, 0.4) is 0 Å². The fourth-order valence-electron chi connectivity index (χ4n) is 3.73. The Labute approximate surface area is 170 Å². The molecule has 29 heavy (non-hydrogen) atoms. The molecule has 3 heterocycles. The maximum atomic E-state index is 5.44. The lowest BCUT2D eigenvalue weighted by molar-refractivity contribution is 0.122. The highest BCUT2D eigenvalue weighted by molar-refractivity contribution is 5.70. The minimum absolute atomic E-state index is 0.752. The van der Waals surface area contributed by atoms with E-state index in [2.05, 4.69) is 61.2 Å². The smallest absolute Gasteiger partial charge is 0.154 e. The van der Waals surface area contributed by atoms with Crippen LogP contribution in [-0.4, -0.2) is 40.9 Å². The highest BCUT2D eigenvalue weighted by atomic mass is 16.5. The summed E-state index contributed by atoms with van der Waals surface area (Å²) in [7, 11) is 0. The number of anilines is 1. The van der Waals surface area contributed by atoms with Crippen LogP contribution in [0, 0.1) is 13.8 Å². The molecule has 2 aromatic carbocycles. The van der Waals surface area contributed by atoms with Crippen LogP contribution in [0.5, 0.6) is 0 Å². The lowest BCUT2D eigenvalue weighted by Gasteiger charge is -2.27. The SMILES string of the molecule is Cc1ccc(-c2ccc(-c3cn4nc(N5CCOCC5)ccc4n3)cc2)cc1C. The van der Waals surface area contributed by atoms with Crippen molar-refractivity contribution in [2.24, 2.45) is 0 Å². The molecule has 0 spiro atoms. The molecule has 146 valence electrons. The second-order valence-electron chi connectivity index (χ2n) is 7.60. The van der Waals surface area contributed by atoms with Gasteiger partial charge in [-0.3, -0.25) is 0 Å². The predicted molar refractivity (Wildman–Crippen MR) is 116 cm³/mol. The standard InChI is InChI=1S/C24H24N4O/c1-17-3-4-21(15-18(17)2)19-5-7-20(8-6-19)22-16-28-23(25-22)9-10-24(26-28)27-11-13-29-14-12-27/h3-10,15-16H,11-14H2,1-2H3. The van der Waals surface area contributed by atoms with Gasteiger partial charge in [0, 0.05) is 18.7 Å². The van der Waals surface area contributed by atoms with Crippen molar-refractivity contribution in [3.05, 3.63) is 71.9 Å². The minimum atomic E-state index is 0.752. The Balaban J connectivity index is 1.43. The molecule has 0 unspecified atom stereocenters. The summed E-state index contributed by atoms with van der Waals surface area (Å²) in [6, 6.07) is 19.3. The molecule has 0 aliphatic carbocycles. The van der Waals surface area contributed by atoms with Gasteiger partial charge in [-0.1, -0.05) is 42.5 Å². The molecule has 5 nitrogen and oxygen atoms in total. The third-order valence-electron chi connectivity index (χ3n) is 5.66.